The Morgan fingerprint density at radius 2 is 1.97 bits per heavy atom. The van der Waals surface area contributed by atoms with Gasteiger partial charge in [-0.25, -0.2) is 15.0 Å². The largest absolute Gasteiger partial charge is 0.394 e. The van der Waals surface area contributed by atoms with Gasteiger partial charge in [0.2, 0.25) is 0 Å². The van der Waals surface area contributed by atoms with E-state index >= 15 is 0 Å². The first-order chi connectivity index (χ1) is 17.0. The molecule has 0 bridgehead atoms. The first-order valence-corrected chi connectivity index (χ1v) is 11.7. The number of aryl methyl sites for hydroxylation is 1. The van der Waals surface area contributed by atoms with Crippen molar-refractivity contribution >= 4 is 17.0 Å². The number of hydrogen-bond donors (Lipinski definition) is 4. The predicted molar refractivity (Wildman–Crippen MR) is 128 cm³/mol. The summed E-state index contributed by atoms with van der Waals surface area (Å²) in [5.74, 6) is 0.526. The lowest BCUT2D eigenvalue weighted by molar-refractivity contribution is -0.0511. The molecule has 0 saturated carbocycles. The molecule has 0 aliphatic carbocycles. The number of anilines is 1. The van der Waals surface area contributed by atoms with Crippen molar-refractivity contribution in [1.29, 1.82) is 0 Å². The number of imidazole rings is 1. The number of nitrogen functional groups attached to an aromatic ring is 1. The Hall–Kier alpha value is -3.38. The van der Waals surface area contributed by atoms with Gasteiger partial charge >= 0.3 is 0 Å². The van der Waals surface area contributed by atoms with Gasteiger partial charge in [-0.3, -0.25) is 9.25 Å². The molecule has 11 heteroatoms. The molecule has 0 spiro atoms. The zero-order valence-corrected chi connectivity index (χ0v) is 19.4. The number of ether oxygens (including phenoxy) is 1. The lowest BCUT2D eigenvalue weighted by Gasteiger charge is -2.16. The van der Waals surface area contributed by atoms with Crippen LogP contribution in [0.25, 0.3) is 22.6 Å². The van der Waals surface area contributed by atoms with Crippen molar-refractivity contribution in [2.24, 2.45) is 0 Å². The lowest BCUT2D eigenvalue weighted by Crippen LogP contribution is -2.33. The predicted octanol–water partition coefficient (Wildman–Crippen LogP) is 1.27. The molecule has 35 heavy (non-hydrogen) atoms. The molecule has 11 nitrogen and oxygen atoms in total. The number of unbranched alkanes of at least 4 members (excludes halogenated alkanes) is 1. The molecule has 1 aliphatic heterocycles. The van der Waals surface area contributed by atoms with Crippen LogP contribution < -0.4 is 5.73 Å². The van der Waals surface area contributed by atoms with E-state index in [2.05, 4.69) is 51.2 Å². The van der Waals surface area contributed by atoms with E-state index in [0.29, 0.717) is 29.1 Å². The Morgan fingerprint density at radius 1 is 1.14 bits per heavy atom. The molecule has 0 unspecified atom stereocenters. The average molecular weight is 480 g/mol. The summed E-state index contributed by atoms with van der Waals surface area (Å²) >= 11 is 0. The Labute approximate surface area is 201 Å². The Balaban J connectivity index is 1.42. The second kappa shape index (κ2) is 9.70. The second-order valence-corrected chi connectivity index (χ2v) is 8.84. The maximum atomic E-state index is 10.4. The highest BCUT2D eigenvalue weighted by Gasteiger charge is 2.44. The molecule has 1 fully saturated rings. The van der Waals surface area contributed by atoms with Crippen LogP contribution in [-0.2, 0) is 17.7 Å². The van der Waals surface area contributed by atoms with Gasteiger partial charge in [0.1, 0.15) is 23.8 Å². The number of fused-ring (bicyclic) bond motifs is 1. The number of aliphatic hydroxyl groups excluding tert-OH is 3. The van der Waals surface area contributed by atoms with E-state index in [1.54, 1.807) is 6.20 Å². The molecule has 5 N–H and O–H groups in total. The number of rotatable bonds is 8. The lowest BCUT2D eigenvalue weighted by atomic mass is 10.1. The van der Waals surface area contributed by atoms with Crippen molar-refractivity contribution in [3.8, 4) is 11.4 Å². The summed E-state index contributed by atoms with van der Waals surface area (Å²) in [6.07, 6.45) is 3.95. The van der Waals surface area contributed by atoms with Crippen LogP contribution >= 0.6 is 0 Å². The van der Waals surface area contributed by atoms with Crippen LogP contribution in [-0.4, -0.2) is 69.5 Å². The zero-order chi connectivity index (χ0) is 24.5. The summed E-state index contributed by atoms with van der Waals surface area (Å²) < 4.78 is 8.95. The second-order valence-electron chi connectivity index (χ2n) is 8.84. The minimum atomic E-state index is -1.26. The maximum absolute atomic E-state index is 10.4. The fourth-order valence-corrected chi connectivity index (χ4v) is 4.38. The first-order valence-electron chi connectivity index (χ1n) is 11.7. The van der Waals surface area contributed by atoms with Crippen LogP contribution in [0.3, 0.4) is 0 Å². The van der Waals surface area contributed by atoms with E-state index in [1.165, 1.54) is 16.5 Å². The smallest absolute Gasteiger partial charge is 0.168 e. The third-order valence-corrected chi connectivity index (χ3v) is 6.29. The van der Waals surface area contributed by atoms with Crippen LogP contribution in [0.15, 0.2) is 43.0 Å². The number of nitrogens with zero attached hydrogens (tertiary/aromatic N) is 6. The molecule has 4 atom stereocenters. The summed E-state index contributed by atoms with van der Waals surface area (Å²) in [6, 6.07) is 8.50. The van der Waals surface area contributed by atoms with E-state index in [-0.39, 0.29) is 5.82 Å². The van der Waals surface area contributed by atoms with Crippen LogP contribution in [0.5, 0.6) is 0 Å². The number of hydrogen-bond acceptors (Lipinski definition) is 9. The third-order valence-electron chi connectivity index (χ3n) is 6.29. The molecule has 0 amide bonds. The molecular formula is C24H29N7O4. The zero-order valence-electron chi connectivity index (χ0n) is 19.4. The van der Waals surface area contributed by atoms with Gasteiger partial charge < -0.3 is 25.8 Å². The third kappa shape index (κ3) is 4.50. The monoisotopic (exact) mass is 479 g/mol. The molecular weight excluding hydrogens is 450 g/mol. The number of aliphatic hydroxyl groups is 3. The van der Waals surface area contributed by atoms with Crippen molar-refractivity contribution in [3.63, 3.8) is 0 Å². The van der Waals surface area contributed by atoms with E-state index in [0.717, 1.165) is 24.8 Å². The fraction of sp³-hybridized carbons (Fsp3) is 0.417. The highest BCUT2D eigenvalue weighted by molar-refractivity contribution is 5.83. The van der Waals surface area contributed by atoms with Gasteiger partial charge in [0, 0.05) is 6.20 Å². The minimum absolute atomic E-state index is 0.173. The highest BCUT2D eigenvalue weighted by Crippen LogP contribution is 2.32. The quantitative estimate of drug-likeness (QED) is 0.292. The normalized spacial score (nSPS) is 22.3. The highest BCUT2D eigenvalue weighted by atomic mass is 16.6. The molecule has 4 heterocycles. The molecule has 184 valence electrons. The topological polar surface area (TPSA) is 157 Å². The van der Waals surface area contributed by atoms with Gasteiger partial charge in [-0.05, 0) is 24.0 Å². The molecule has 4 aromatic rings. The summed E-state index contributed by atoms with van der Waals surface area (Å²) in [5, 5.41) is 34.4. The molecule has 5 rings (SSSR count). The maximum Gasteiger partial charge on any atom is 0.168 e. The van der Waals surface area contributed by atoms with Gasteiger partial charge in [0.25, 0.3) is 0 Å². The fourth-order valence-electron chi connectivity index (χ4n) is 4.38. The van der Waals surface area contributed by atoms with E-state index in [4.69, 9.17) is 10.5 Å². The standard InChI is InChI=1S/C24H29N7O4/c1-2-3-5-14-6-4-7-15(8-14)10-30-11-16(9-27-30)22-28-21(25)18-23(29-22)31(13-26-18)24-20(34)19(33)17(12-32)35-24/h4,6-9,11,13,17,19-20,24,32-34H,2-3,5,10,12H2,1H3,(H2,25,28,29)/t17-,19-,20-,24-/m1/s1. The van der Waals surface area contributed by atoms with Gasteiger partial charge in [-0.2, -0.15) is 5.10 Å². The molecule has 1 saturated heterocycles. The van der Waals surface area contributed by atoms with Crippen molar-refractivity contribution < 1.29 is 20.1 Å². The van der Waals surface area contributed by atoms with Crippen LogP contribution in [0.4, 0.5) is 5.82 Å². The van der Waals surface area contributed by atoms with Crippen molar-refractivity contribution in [2.45, 2.75) is 57.3 Å². The van der Waals surface area contributed by atoms with Gasteiger partial charge in [0.05, 0.1) is 31.2 Å². The SMILES string of the molecule is CCCCc1cccc(Cn2cc(-c3nc(N)c4ncn([C@@H]5O[C@H](CO)[C@@H](O)[C@H]5O)c4n3)cn2)c1. The van der Waals surface area contributed by atoms with E-state index < -0.39 is 31.1 Å². The van der Waals surface area contributed by atoms with Crippen LogP contribution in [0, 0.1) is 0 Å². The van der Waals surface area contributed by atoms with Gasteiger partial charge in [-0.1, -0.05) is 37.6 Å². The van der Waals surface area contributed by atoms with Crippen LogP contribution in [0.1, 0.15) is 37.1 Å². The molecule has 0 radical (unpaired) electrons. The van der Waals surface area contributed by atoms with E-state index in [9.17, 15) is 15.3 Å². The van der Waals surface area contributed by atoms with Crippen molar-refractivity contribution in [2.75, 3.05) is 12.3 Å². The Morgan fingerprint density at radius 3 is 2.74 bits per heavy atom. The summed E-state index contributed by atoms with van der Waals surface area (Å²) in [6.45, 7) is 2.37. The average Bonchev–Trinajstić information content (AvgIpc) is 3.57. The van der Waals surface area contributed by atoms with Crippen molar-refractivity contribution in [1.82, 2.24) is 29.3 Å². The number of aromatic nitrogens is 6. The number of nitrogens with two attached hydrogens (primary N) is 1. The minimum Gasteiger partial charge on any atom is -0.394 e. The van der Waals surface area contributed by atoms with E-state index in [1.807, 2.05) is 10.9 Å². The summed E-state index contributed by atoms with van der Waals surface area (Å²) in [5.41, 5.74) is 10.0. The van der Waals surface area contributed by atoms with Gasteiger partial charge in [0.15, 0.2) is 23.5 Å². The first kappa shape index (κ1) is 23.4. The molecule has 3 aromatic heterocycles. The summed E-state index contributed by atoms with van der Waals surface area (Å²) in [4.78, 5) is 13.3. The van der Waals surface area contributed by atoms with Crippen molar-refractivity contribution in [3.05, 3.63) is 54.1 Å². The van der Waals surface area contributed by atoms with Gasteiger partial charge in [-0.15, -0.1) is 0 Å². The summed E-state index contributed by atoms with van der Waals surface area (Å²) in [7, 11) is 0. The molecule has 1 aromatic carbocycles. The van der Waals surface area contributed by atoms with Crippen LogP contribution in [0.2, 0.25) is 0 Å². The number of benzene rings is 1. The Bertz CT molecular complexity index is 1320. The molecule has 1 aliphatic rings. The Kier molecular flexibility index (Phi) is 6.48.